The molecule has 5 heteroatoms. The minimum Gasteiger partial charge on any atom is -0.315 e. The molecule has 2 rings (SSSR count). The SMILES string of the molecule is CNCc1sc(-c2ccc(F)cc2)nc1Cl. The van der Waals surface area contributed by atoms with Gasteiger partial charge in [0.05, 0.1) is 4.88 Å². The van der Waals surface area contributed by atoms with E-state index in [2.05, 4.69) is 10.3 Å². The van der Waals surface area contributed by atoms with Crippen LogP contribution in [0.1, 0.15) is 4.88 Å². The highest BCUT2D eigenvalue weighted by Gasteiger charge is 2.09. The fourth-order valence-electron chi connectivity index (χ4n) is 1.32. The van der Waals surface area contributed by atoms with Crippen LogP contribution in [0.4, 0.5) is 4.39 Å². The molecule has 2 aromatic rings. The quantitative estimate of drug-likeness (QED) is 0.911. The van der Waals surface area contributed by atoms with Crippen molar-refractivity contribution in [1.29, 1.82) is 0 Å². The molecule has 0 saturated carbocycles. The number of nitrogens with zero attached hydrogens (tertiary/aromatic N) is 1. The number of thiazole rings is 1. The number of benzene rings is 1. The standard InChI is InChI=1S/C11H10ClFN2S/c1-14-6-9-10(12)15-11(16-9)7-2-4-8(13)5-3-7/h2-5,14H,6H2,1H3. The number of hydrogen-bond donors (Lipinski definition) is 1. The first kappa shape index (κ1) is 11.5. The maximum Gasteiger partial charge on any atom is 0.145 e. The van der Waals surface area contributed by atoms with E-state index in [1.54, 1.807) is 12.1 Å². The van der Waals surface area contributed by atoms with E-state index in [0.717, 1.165) is 15.4 Å². The van der Waals surface area contributed by atoms with E-state index < -0.39 is 0 Å². The predicted molar refractivity (Wildman–Crippen MR) is 65.3 cm³/mol. The van der Waals surface area contributed by atoms with Crippen LogP contribution in [0.5, 0.6) is 0 Å². The Kier molecular flexibility index (Phi) is 3.53. The summed E-state index contributed by atoms with van der Waals surface area (Å²) < 4.78 is 12.8. The van der Waals surface area contributed by atoms with Crippen molar-refractivity contribution < 1.29 is 4.39 Å². The van der Waals surface area contributed by atoms with Crippen molar-refractivity contribution in [3.05, 3.63) is 40.1 Å². The molecule has 0 aliphatic heterocycles. The lowest BCUT2D eigenvalue weighted by Crippen LogP contribution is -2.03. The zero-order chi connectivity index (χ0) is 11.5. The van der Waals surface area contributed by atoms with Gasteiger partial charge in [0.2, 0.25) is 0 Å². The normalized spacial score (nSPS) is 10.7. The van der Waals surface area contributed by atoms with Gasteiger partial charge < -0.3 is 5.32 Å². The lowest BCUT2D eigenvalue weighted by molar-refractivity contribution is 0.628. The van der Waals surface area contributed by atoms with Crippen molar-refractivity contribution in [2.75, 3.05) is 7.05 Å². The van der Waals surface area contributed by atoms with Crippen molar-refractivity contribution in [3.8, 4) is 10.6 Å². The van der Waals surface area contributed by atoms with Gasteiger partial charge in [-0.15, -0.1) is 11.3 Å². The van der Waals surface area contributed by atoms with E-state index in [9.17, 15) is 4.39 Å². The molecule has 84 valence electrons. The number of halogens is 2. The van der Waals surface area contributed by atoms with Crippen LogP contribution < -0.4 is 5.32 Å². The molecule has 0 unspecified atom stereocenters. The Bertz CT molecular complexity index is 481. The molecule has 0 spiro atoms. The van der Waals surface area contributed by atoms with Gasteiger partial charge in [0.15, 0.2) is 0 Å². The Morgan fingerprint density at radius 1 is 1.38 bits per heavy atom. The van der Waals surface area contributed by atoms with Gasteiger partial charge in [-0.2, -0.15) is 0 Å². The molecule has 0 bridgehead atoms. The second kappa shape index (κ2) is 4.91. The highest BCUT2D eigenvalue weighted by Crippen LogP contribution is 2.30. The average molecular weight is 257 g/mol. The molecule has 0 saturated heterocycles. The van der Waals surface area contributed by atoms with Gasteiger partial charge in [-0.3, -0.25) is 0 Å². The van der Waals surface area contributed by atoms with Crippen molar-refractivity contribution in [1.82, 2.24) is 10.3 Å². The summed E-state index contributed by atoms with van der Waals surface area (Å²) in [5, 5.41) is 4.35. The van der Waals surface area contributed by atoms with Gasteiger partial charge >= 0.3 is 0 Å². The van der Waals surface area contributed by atoms with E-state index in [1.165, 1.54) is 23.5 Å². The summed E-state index contributed by atoms with van der Waals surface area (Å²) in [4.78, 5) is 5.24. The molecule has 16 heavy (non-hydrogen) atoms. The molecule has 0 fully saturated rings. The van der Waals surface area contributed by atoms with Crippen LogP contribution in [0, 0.1) is 5.82 Å². The van der Waals surface area contributed by atoms with Gasteiger partial charge in [-0.25, -0.2) is 9.37 Å². The molecular weight excluding hydrogens is 247 g/mol. The van der Waals surface area contributed by atoms with Crippen molar-refractivity contribution in [2.45, 2.75) is 6.54 Å². The molecular formula is C11H10ClFN2S. The highest BCUT2D eigenvalue weighted by atomic mass is 35.5. The third-order valence-corrected chi connectivity index (χ3v) is 3.61. The molecule has 1 N–H and O–H groups in total. The third kappa shape index (κ3) is 2.40. The van der Waals surface area contributed by atoms with Crippen LogP contribution in [-0.4, -0.2) is 12.0 Å². The zero-order valence-electron chi connectivity index (χ0n) is 8.63. The summed E-state index contributed by atoms with van der Waals surface area (Å²) in [6.07, 6.45) is 0. The molecule has 0 radical (unpaired) electrons. The van der Waals surface area contributed by atoms with E-state index in [-0.39, 0.29) is 5.82 Å². The summed E-state index contributed by atoms with van der Waals surface area (Å²) >= 11 is 7.51. The Labute approximate surface area is 102 Å². The van der Waals surface area contributed by atoms with Gasteiger partial charge in [-0.05, 0) is 31.3 Å². The molecule has 1 aromatic carbocycles. The lowest BCUT2D eigenvalue weighted by Gasteiger charge is -1.94. The van der Waals surface area contributed by atoms with Gasteiger partial charge in [0.25, 0.3) is 0 Å². The monoisotopic (exact) mass is 256 g/mol. The zero-order valence-corrected chi connectivity index (χ0v) is 10.2. The Balaban J connectivity index is 2.33. The molecule has 2 nitrogen and oxygen atoms in total. The van der Waals surface area contributed by atoms with Gasteiger partial charge in [0, 0.05) is 12.1 Å². The Hall–Kier alpha value is -0.970. The van der Waals surface area contributed by atoms with Crippen LogP contribution in [0.2, 0.25) is 5.15 Å². The highest BCUT2D eigenvalue weighted by molar-refractivity contribution is 7.15. The van der Waals surface area contributed by atoms with Crippen molar-refractivity contribution in [3.63, 3.8) is 0 Å². The Morgan fingerprint density at radius 3 is 2.69 bits per heavy atom. The van der Waals surface area contributed by atoms with Gasteiger partial charge in [0.1, 0.15) is 16.0 Å². The van der Waals surface area contributed by atoms with Crippen molar-refractivity contribution in [2.24, 2.45) is 0 Å². The number of aromatic nitrogens is 1. The first-order chi connectivity index (χ1) is 7.70. The predicted octanol–water partition coefficient (Wildman–Crippen LogP) is 3.32. The minimum atomic E-state index is -0.248. The number of hydrogen-bond acceptors (Lipinski definition) is 3. The van der Waals surface area contributed by atoms with Crippen LogP contribution in [-0.2, 0) is 6.54 Å². The fraction of sp³-hybridized carbons (Fsp3) is 0.182. The molecule has 0 atom stereocenters. The molecule has 1 heterocycles. The molecule has 1 aromatic heterocycles. The Morgan fingerprint density at radius 2 is 2.06 bits per heavy atom. The summed E-state index contributed by atoms with van der Waals surface area (Å²) in [7, 11) is 1.85. The van der Waals surface area contributed by atoms with Gasteiger partial charge in [-0.1, -0.05) is 11.6 Å². The van der Waals surface area contributed by atoms with Crippen LogP contribution >= 0.6 is 22.9 Å². The second-order valence-corrected chi connectivity index (χ2v) is 4.71. The fourth-order valence-corrected chi connectivity index (χ4v) is 2.61. The minimum absolute atomic E-state index is 0.248. The second-order valence-electron chi connectivity index (χ2n) is 3.27. The van der Waals surface area contributed by atoms with E-state index in [1.807, 2.05) is 7.05 Å². The number of nitrogens with one attached hydrogen (secondary N) is 1. The maximum atomic E-state index is 12.8. The maximum absolute atomic E-state index is 12.8. The topological polar surface area (TPSA) is 24.9 Å². The molecule has 0 aliphatic rings. The summed E-state index contributed by atoms with van der Waals surface area (Å²) in [5.74, 6) is -0.248. The van der Waals surface area contributed by atoms with E-state index in [4.69, 9.17) is 11.6 Å². The van der Waals surface area contributed by atoms with Crippen LogP contribution in [0.3, 0.4) is 0 Å². The van der Waals surface area contributed by atoms with E-state index >= 15 is 0 Å². The third-order valence-electron chi connectivity index (χ3n) is 2.08. The molecule has 0 aliphatic carbocycles. The summed E-state index contributed by atoms with van der Waals surface area (Å²) in [6, 6.07) is 6.24. The molecule has 0 amide bonds. The van der Waals surface area contributed by atoms with Crippen LogP contribution in [0.25, 0.3) is 10.6 Å². The first-order valence-corrected chi connectivity index (χ1v) is 5.96. The average Bonchev–Trinajstić information content (AvgIpc) is 2.62. The van der Waals surface area contributed by atoms with E-state index in [0.29, 0.717) is 11.7 Å². The largest absolute Gasteiger partial charge is 0.315 e. The summed E-state index contributed by atoms with van der Waals surface area (Å²) in [6.45, 7) is 0.692. The summed E-state index contributed by atoms with van der Waals surface area (Å²) in [5.41, 5.74) is 0.885. The first-order valence-electron chi connectivity index (χ1n) is 4.76. The van der Waals surface area contributed by atoms with Crippen molar-refractivity contribution >= 4 is 22.9 Å². The number of rotatable bonds is 3. The lowest BCUT2D eigenvalue weighted by atomic mass is 10.2. The smallest absolute Gasteiger partial charge is 0.145 e. The van der Waals surface area contributed by atoms with Crippen LogP contribution in [0.15, 0.2) is 24.3 Å².